The Labute approximate surface area is 547 Å². The van der Waals surface area contributed by atoms with E-state index in [0.29, 0.717) is 24.0 Å². The number of nitrogens with zero attached hydrogens (tertiary/aromatic N) is 3. The van der Waals surface area contributed by atoms with Crippen LogP contribution in [0.3, 0.4) is 0 Å². The highest BCUT2D eigenvalue weighted by atomic mass is 16.2. The van der Waals surface area contributed by atoms with Gasteiger partial charge in [0.1, 0.15) is 66.5 Å². The zero-order chi connectivity index (χ0) is 68.5. The van der Waals surface area contributed by atoms with Gasteiger partial charge >= 0.3 is 0 Å². The van der Waals surface area contributed by atoms with Crippen molar-refractivity contribution in [3.05, 3.63) is 71.8 Å². The van der Waals surface area contributed by atoms with Gasteiger partial charge in [0, 0.05) is 32.5 Å². The summed E-state index contributed by atoms with van der Waals surface area (Å²) in [7, 11) is 0. The van der Waals surface area contributed by atoms with Crippen LogP contribution in [0.5, 0.6) is 0 Å². The molecule has 2 aromatic carbocycles. The van der Waals surface area contributed by atoms with Crippen LogP contribution in [0.15, 0.2) is 65.7 Å². The zero-order valence-electron chi connectivity index (χ0n) is 55.5. The average Bonchev–Trinajstić information content (AvgIpc) is 1.79. The molecule has 0 bridgehead atoms. The largest absolute Gasteiger partial charge is 0.370 e. The van der Waals surface area contributed by atoms with Crippen LogP contribution in [0.4, 0.5) is 0 Å². The van der Waals surface area contributed by atoms with Gasteiger partial charge in [0.05, 0.1) is 0 Å². The van der Waals surface area contributed by atoms with E-state index in [2.05, 4.69) is 52.8 Å². The lowest BCUT2D eigenvalue weighted by Crippen LogP contribution is -2.61. The van der Waals surface area contributed by atoms with E-state index < -0.39 is 143 Å². The molecular formula is C66H104N16O11. The molecule has 17 N–H and O–H groups in total. The minimum Gasteiger partial charge on any atom is -0.370 e. The Bertz CT molecular complexity index is 2870. The summed E-state index contributed by atoms with van der Waals surface area (Å²) in [6.45, 7) is 14.8. The molecule has 514 valence electrons. The van der Waals surface area contributed by atoms with Crippen molar-refractivity contribution in [1.82, 2.24) is 57.7 Å². The van der Waals surface area contributed by atoms with Crippen LogP contribution in [-0.2, 0) is 65.6 Å². The molecule has 11 atom stereocenters. The molecule has 3 aliphatic rings. The minimum absolute atomic E-state index is 0.00358. The maximum absolute atomic E-state index is 15.0. The van der Waals surface area contributed by atoms with Crippen LogP contribution in [0.2, 0.25) is 0 Å². The number of guanidine groups is 1. The van der Waals surface area contributed by atoms with E-state index in [0.717, 1.165) is 0 Å². The fourth-order valence-electron chi connectivity index (χ4n) is 11.9. The Morgan fingerprint density at radius 2 is 0.774 bits per heavy atom. The second-order valence-electron chi connectivity index (χ2n) is 26.2. The molecule has 5 rings (SSSR count). The number of nitrogens with one attached hydrogen (secondary N) is 9. The fourth-order valence-corrected chi connectivity index (χ4v) is 11.9. The molecule has 0 aliphatic carbocycles. The number of hydrogen-bond donors (Lipinski definition) is 13. The van der Waals surface area contributed by atoms with Crippen molar-refractivity contribution in [3.8, 4) is 0 Å². The van der Waals surface area contributed by atoms with Crippen molar-refractivity contribution in [1.29, 1.82) is 0 Å². The summed E-state index contributed by atoms with van der Waals surface area (Å²) in [5.41, 5.74) is 24.5. The van der Waals surface area contributed by atoms with Crippen molar-refractivity contribution in [3.63, 3.8) is 0 Å². The minimum atomic E-state index is -1.35. The standard InChI is InChI=1S/C66H104N16O11/c1-38(2)34-47-57(85)77-49(36-42-20-11-9-12-21-42)59(87)74-46(26-17-31-71-66(69)70)64(92)81-32-18-27-51(81)60(88)79-53(40(5)6)62(90)73-45(25-16-30-68)56(84)76-48(35-39(3)4)58(86)78-50(37-43-22-13-10-14-23-43)65(93)82-33-19-28-52(82)61(89)80-54(41(7)8)63(91)72-44(24-15-29-67)55(83)75-47/h9-14,20-23,38-41,44-54H,15-19,24-37,67-68H2,1-8H3,(H,72,91)(H,73,90)(H,74,87)(H,75,83)(H,76,84)(H,77,85)(H,78,86)(H,79,88)(H,80,89)(H4,69,70,71)/t44-,45-,46-,47-,48-,49+,50+,51-,52-,53-,54-/m0/s1. The molecule has 0 unspecified atom stereocenters. The van der Waals surface area contributed by atoms with E-state index in [4.69, 9.17) is 22.9 Å². The Balaban J connectivity index is 1.61. The van der Waals surface area contributed by atoms with Crippen LogP contribution >= 0.6 is 0 Å². The summed E-state index contributed by atoms with van der Waals surface area (Å²) in [5.74, 6) is -9.37. The van der Waals surface area contributed by atoms with E-state index in [-0.39, 0.29) is 128 Å². The lowest BCUT2D eigenvalue weighted by molar-refractivity contribution is -0.143. The maximum atomic E-state index is 15.0. The molecule has 27 nitrogen and oxygen atoms in total. The third-order valence-electron chi connectivity index (χ3n) is 16.9. The number of nitrogens with two attached hydrogens (primary N) is 4. The molecule has 0 aromatic heterocycles. The predicted molar refractivity (Wildman–Crippen MR) is 352 cm³/mol. The average molecular weight is 1300 g/mol. The van der Waals surface area contributed by atoms with Crippen LogP contribution in [0.25, 0.3) is 0 Å². The van der Waals surface area contributed by atoms with E-state index in [9.17, 15) is 47.9 Å². The molecule has 3 saturated heterocycles. The van der Waals surface area contributed by atoms with E-state index >= 15 is 4.79 Å². The van der Waals surface area contributed by atoms with Crippen molar-refractivity contribution >= 4 is 70.9 Å². The van der Waals surface area contributed by atoms with Crippen molar-refractivity contribution in [2.75, 3.05) is 32.7 Å². The molecule has 3 fully saturated rings. The van der Waals surface area contributed by atoms with Gasteiger partial charge in [-0.25, -0.2) is 0 Å². The highest BCUT2D eigenvalue weighted by Crippen LogP contribution is 2.24. The van der Waals surface area contributed by atoms with Crippen LogP contribution in [0, 0.1) is 23.7 Å². The SMILES string of the molecule is CC(C)C[C@@H]1NC(=O)[C@H](CCCN)NC(=O)[C@H](C(C)C)NC(=O)[C@@H]2CCCN2C(=O)[C@@H](Cc2ccccc2)NC(=O)[C@H](CC(C)C)NC(=O)[C@H](CCCN)NC(=O)[C@H](C(C)C)NC(=O)[C@@H]2CCCN2C(=O)[C@H](CCCN=C(N)N)NC(=O)[C@@H](Cc2ccccc2)NC1=O. The number of hydrogen-bond acceptors (Lipinski definition) is 14. The predicted octanol–water partition coefficient (Wildman–Crippen LogP) is -0.234. The topological polar surface area (TPSA) is 419 Å². The first-order valence-corrected chi connectivity index (χ1v) is 33.1. The third-order valence-corrected chi connectivity index (χ3v) is 16.9. The normalized spacial score (nSPS) is 25.9. The molecule has 3 aliphatic heterocycles. The Kier molecular flexibility index (Phi) is 30.4. The summed E-state index contributed by atoms with van der Waals surface area (Å²) >= 11 is 0. The Hall–Kier alpha value is -8.20. The first kappa shape index (κ1) is 75.5. The number of carbonyl (C=O) groups is 11. The molecule has 27 heteroatoms. The Morgan fingerprint density at radius 1 is 0.430 bits per heavy atom. The monoisotopic (exact) mass is 1300 g/mol. The van der Waals surface area contributed by atoms with Gasteiger partial charge in [-0.1, -0.05) is 116 Å². The van der Waals surface area contributed by atoms with Gasteiger partial charge in [-0.2, -0.15) is 0 Å². The van der Waals surface area contributed by atoms with E-state index in [1.165, 1.54) is 9.80 Å². The van der Waals surface area contributed by atoms with E-state index in [1.807, 2.05) is 27.7 Å². The first-order valence-electron chi connectivity index (χ1n) is 33.1. The number of fused-ring (bicyclic) bond motifs is 2. The molecule has 93 heavy (non-hydrogen) atoms. The fraction of sp³-hybridized carbons (Fsp3) is 0.636. The number of amides is 11. The van der Waals surface area contributed by atoms with Crippen LogP contribution in [0.1, 0.15) is 144 Å². The van der Waals surface area contributed by atoms with Gasteiger partial charge in [0.2, 0.25) is 65.0 Å². The summed E-state index contributed by atoms with van der Waals surface area (Å²) in [6, 6.07) is 4.13. The molecule has 3 heterocycles. The quantitative estimate of drug-likeness (QED) is 0.0463. The first-order chi connectivity index (χ1) is 44.2. The second kappa shape index (κ2) is 37.5. The number of carbonyl (C=O) groups excluding carboxylic acids is 11. The van der Waals surface area contributed by atoms with Crippen molar-refractivity contribution < 1.29 is 52.7 Å². The molecule has 0 saturated carbocycles. The zero-order valence-corrected chi connectivity index (χ0v) is 55.5. The van der Waals surface area contributed by atoms with Crippen molar-refractivity contribution in [2.45, 2.75) is 212 Å². The number of benzene rings is 2. The van der Waals surface area contributed by atoms with Gasteiger partial charge in [-0.15, -0.1) is 0 Å². The lowest BCUT2D eigenvalue weighted by atomic mass is 9.99. The second-order valence-corrected chi connectivity index (χ2v) is 26.2. The molecule has 2 aromatic rings. The van der Waals surface area contributed by atoms with Crippen LogP contribution < -0.4 is 70.8 Å². The van der Waals surface area contributed by atoms with Gasteiger partial charge in [-0.3, -0.25) is 57.7 Å². The lowest BCUT2D eigenvalue weighted by Gasteiger charge is -2.32. The maximum Gasteiger partial charge on any atom is 0.246 e. The van der Waals surface area contributed by atoms with Gasteiger partial charge < -0.3 is 80.6 Å². The summed E-state index contributed by atoms with van der Waals surface area (Å²) < 4.78 is 0. The van der Waals surface area contributed by atoms with E-state index in [1.54, 1.807) is 88.4 Å². The van der Waals surface area contributed by atoms with Gasteiger partial charge in [-0.05, 0) is 125 Å². The number of aliphatic imine (C=N–C) groups is 1. The van der Waals surface area contributed by atoms with Gasteiger partial charge in [0.15, 0.2) is 5.96 Å². The highest BCUT2D eigenvalue weighted by Gasteiger charge is 2.43. The Morgan fingerprint density at radius 3 is 1.17 bits per heavy atom. The number of rotatable bonds is 20. The third kappa shape index (κ3) is 23.4. The van der Waals surface area contributed by atoms with Gasteiger partial charge in [0.25, 0.3) is 0 Å². The highest BCUT2D eigenvalue weighted by molar-refractivity contribution is 6.00. The van der Waals surface area contributed by atoms with Crippen LogP contribution in [-0.4, -0.2) is 180 Å². The smallest absolute Gasteiger partial charge is 0.246 e. The molecule has 0 spiro atoms. The van der Waals surface area contributed by atoms with Crippen molar-refractivity contribution in [2.24, 2.45) is 51.6 Å². The molecular weight excluding hydrogens is 1190 g/mol. The summed E-state index contributed by atoms with van der Waals surface area (Å²) in [5, 5.41) is 25.6. The summed E-state index contributed by atoms with van der Waals surface area (Å²) in [4.78, 5) is 169. The summed E-state index contributed by atoms with van der Waals surface area (Å²) in [6.07, 6.45) is 2.08. The molecule has 0 radical (unpaired) electrons. The molecule has 11 amide bonds.